The van der Waals surface area contributed by atoms with Crippen molar-refractivity contribution in [2.75, 3.05) is 7.11 Å². The van der Waals surface area contributed by atoms with Crippen LogP contribution in [-0.4, -0.2) is 13.1 Å². The maximum Gasteiger partial charge on any atom is 0.330 e. The monoisotopic (exact) mass is 222 g/mol. The van der Waals surface area contributed by atoms with Crippen molar-refractivity contribution in [3.8, 4) is 0 Å². The van der Waals surface area contributed by atoms with Crippen LogP contribution in [0.15, 0.2) is 24.3 Å². The molecule has 1 aromatic rings. The molecular formula is C13H15FO2. The Kier molecular flexibility index (Phi) is 4.23. The van der Waals surface area contributed by atoms with Crippen LogP contribution in [-0.2, 0) is 9.53 Å². The standard InChI is InChI=1S/C13H15FO2/c1-9(2)11-6-10(7-12(14)8-11)4-5-13(15)16-3/h4-9H,1-3H3/b5-4+. The molecule has 0 aliphatic rings. The van der Waals surface area contributed by atoms with Crippen molar-refractivity contribution < 1.29 is 13.9 Å². The van der Waals surface area contributed by atoms with E-state index in [0.717, 1.165) is 5.56 Å². The lowest BCUT2D eigenvalue weighted by Crippen LogP contribution is -1.94. The summed E-state index contributed by atoms with van der Waals surface area (Å²) in [5, 5.41) is 0. The Morgan fingerprint density at radius 1 is 1.38 bits per heavy atom. The lowest BCUT2D eigenvalue weighted by Gasteiger charge is -2.06. The highest BCUT2D eigenvalue weighted by Gasteiger charge is 2.03. The van der Waals surface area contributed by atoms with Gasteiger partial charge in [-0.1, -0.05) is 19.9 Å². The number of hydrogen-bond donors (Lipinski definition) is 0. The molecule has 0 aliphatic heterocycles. The minimum absolute atomic E-state index is 0.251. The summed E-state index contributed by atoms with van der Waals surface area (Å²) in [7, 11) is 1.30. The van der Waals surface area contributed by atoms with Gasteiger partial charge >= 0.3 is 5.97 Å². The highest BCUT2D eigenvalue weighted by atomic mass is 19.1. The van der Waals surface area contributed by atoms with Gasteiger partial charge in [-0.3, -0.25) is 0 Å². The van der Waals surface area contributed by atoms with E-state index in [1.165, 1.54) is 25.3 Å². The van der Waals surface area contributed by atoms with Crippen molar-refractivity contribution in [1.29, 1.82) is 0 Å². The number of halogens is 1. The quantitative estimate of drug-likeness (QED) is 0.580. The Balaban J connectivity index is 2.97. The molecule has 1 rings (SSSR count). The van der Waals surface area contributed by atoms with Gasteiger partial charge in [-0.25, -0.2) is 9.18 Å². The number of carbonyl (C=O) groups is 1. The number of ether oxygens (including phenoxy) is 1. The van der Waals surface area contributed by atoms with Crippen molar-refractivity contribution in [2.45, 2.75) is 19.8 Å². The molecular weight excluding hydrogens is 207 g/mol. The van der Waals surface area contributed by atoms with Crippen LogP contribution < -0.4 is 0 Å². The van der Waals surface area contributed by atoms with E-state index in [1.54, 1.807) is 6.08 Å². The molecule has 0 heterocycles. The molecule has 1 aromatic carbocycles. The fraction of sp³-hybridized carbons (Fsp3) is 0.308. The first kappa shape index (κ1) is 12.4. The summed E-state index contributed by atoms with van der Waals surface area (Å²) in [6.07, 6.45) is 2.82. The Hall–Kier alpha value is -1.64. The topological polar surface area (TPSA) is 26.3 Å². The highest BCUT2D eigenvalue weighted by molar-refractivity contribution is 5.86. The molecule has 0 radical (unpaired) electrons. The average molecular weight is 222 g/mol. The van der Waals surface area contributed by atoms with Crippen LogP contribution in [0.25, 0.3) is 6.08 Å². The molecule has 0 amide bonds. The minimum Gasteiger partial charge on any atom is -0.466 e. The first-order chi connectivity index (χ1) is 7.52. The van der Waals surface area contributed by atoms with Crippen LogP contribution in [0, 0.1) is 5.82 Å². The third-order valence-corrected chi connectivity index (χ3v) is 2.22. The van der Waals surface area contributed by atoms with E-state index in [4.69, 9.17) is 0 Å². The van der Waals surface area contributed by atoms with E-state index in [1.807, 2.05) is 19.9 Å². The smallest absolute Gasteiger partial charge is 0.330 e. The molecule has 0 unspecified atom stereocenters. The fourth-order valence-electron chi connectivity index (χ4n) is 1.30. The Labute approximate surface area is 94.7 Å². The summed E-state index contributed by atoms with van der Waals surface area (Å²) in [6, 6.07) is 4.73. The molecule has 3 heteroatoms. The van der Waals surface area contributed by atoms with Gasteiger partial charge in [-0.05, 0) is 35.3 Å². The Bertz CT molecular complexity index is 408. The van der Waals surface area contributed by atoms with E-state index < -0.39 is 5.97 Å². The average Bonchev–Trinajstić information content (AvgIpc) is 2.25. The molecule has 0 fully saturated rings. The molecule has 0 bridgehead atoms. The van der Waals surface area contributed by atoms with Gasteiger partial charge in [0.15, 0.2) is 0 Å². The molecule has 0 spiro atoms. The number of rotatable bonds is 3. The van der Waals surface area contributed by atoms with Crippen molar-refractivity contribution in [3.05, 3.63) is 41.2 Å². The number of benzene rings is 1. The second-order valence-electron chi connectivity index (χ2n) is 3.83. The molecule has 16 heavy (non-hydrogen) atoms. The summed E-state index contributed by atoms with van der Waals surface area (Å²) < 4.78 is 17.7. The largest absolute Gasteiger partial charge is 0.466 e. The summed E-state index contributed by atoms with van der Waals surface area (Å²) in [5.74, 6) is -0.493. The van der Waals surface area contributed by atoms with Crippen molar-refractivity contribution in [1.82, 2.24) is 0 Å². The Morgan fingerprint density at radius 3 is 2.62 bits per heavy atom. The first-order valence-corrected chi connectivity index (χ1v) is 5.09. The van der Waals surface area contributed by atoms with Crippen LogP contribution in [0.5, 0.6) is 0 Å². The van der Waals surface area contributed by atoms with Gasteiger partial charge in [0.05, 0.1) is 7.11 Å². The zero-order valence-corrected chi connectivity index (χ0v) is 9.66. The molecule has 0 saturated carbocycles. The first-order valence-electron chi connectivity index (χ1n) is 5.09. The van der Waals surface area contributed by atoms with E-state index in [-0.39, 0.29) is 11.7 Å². The van der Waals surface area contributed by atoms with Crippen molar-refractivity contribution in [2.24, 2.45) is 0 Å². The van der Waals surface area contributed by atoms with E-state index >= 15 is 0 Å². The predicted octanol–water partition coefficient (Wildman–Crippen LogP) is 3.14. The normalized spacial score (nSPS) is 11.1. The third-order valence-electron chi connectivity index (χ3n) is 2.22. The van der Waals surface area contributed by atoms with Gasteiger partial charge in [0.25, 0.3) is 0 Å². The number of methoxy groups -OCH3 is 1. The zero-order valence-electron chi connectivity index (χ0n) is 9.66. The SMILES string of the molecule is COC(=O)/C=C/c1cc(F)cc(C(C)C)c1. The predicted molar refractivity (Wildman–Crippen MR) is 61.5 cm³/mol. The number of esters is 1. The molecule has 86 valence electrons. The van der Waals surface area contributed by atoms with Crippen molar-refractivity contribution >= 4 is 12.0 Å². The van der Waals surface area contributed by atoms with Gasteiger partial charge in [0, 0.05) is 6.08 Å². The second-order valence-corrected chi connectivity index (χ2v) is 3.83. The maximum atomic E-state index is 13.2. The molecule has 0 aromatic heterocycles. The van der Waals surface area contributed by atoms with Crippen LogP contribution in [0.4, 0.5) is 4.39 Å². The van der Waals surface area contributed by atoms with Crippen LogP contribution in [0.3, 0.4) is 0 Å². The van der Waals surface area contributed by atoms with Crippen LogP contribution in [0.2, 0.25) is 0 Å². The lowest BCUT2D eigenvalue weighted by atomic mass is 10.0. The molecule has 0 N–H and O–H groups in total. The summed E-state index contributed by atoms with van der Waals surface area (Å²) >= 11 is 0. The maximum absolute atomic E-state index is 13.2. The van der Waals surface area contributed by atoms with E-state index in [9.17, 15) is 9.18 Å². The fourth-order valence-corrected chi connectivity index (χ4v) is 1.30. The Morgan fingerprint density at radius 2 is 2.06 bits per heavy atom. The van der Waals surface area contributed by atoms with Gasteiger partial charge < -0.3 is 4.74 Å². The van der Waals surface area contributed by atoms with Gasteiger partial charge in [-0.2, -0.15) is 0 Å². The summed E-state index contributed by atoms with van der Waals surface area (Å²) in [4.78, 5) is 10.9. The molecule has 2 nitrogen and oxygen atoms in total. The van der Waals surface area contributed by atoms with Crippen LogP contribution >= 0.6 is 0 Å². The van der Waals surface area contributed by atoms with Gasteiger partial charge in [0.1, 0.15) is 5.82 Å². The van der Waals surface area contributed by atoms with Crippen LogP contribution in [0.1, 0.15) is 30.9 Å². The summed E-state index contributed by atoms with van der Waals surface area (Å²) in [5.41, 5.74) is 1.57. The number of hydrogen-bond acceptors (Lipinski definition) is 2. The van der Waals surface area contributed by atoms with Gasteiger partial charge in [-0.15, -0.1) is 0 Å². The number of carbonyl (C=O) groups excluding carboxylic acids is 1. The zero-order chi connectivity index (χ0) is 12.1. The summed E-state index contributed by atoms with van der Waals surface area (Å²) in [6.45, 7) is 3.98. The minimum atomic E-state index is -0.449. The highest BCUT2D eigenvalue weighted by Crippen LogP contribution is 2.18. The lowest BCUT2D eigenvalue weighted by molar-refractivity contribution is -0.134. The van der Waals surface area contributed by atoms with E-state index in [2.05, 4.69) is 4.74 Å². The van der Waals surface area contributed by atoms with Gasteiger partial charge in [0.2, 0.25) is 0 Å². The van der Waals surface area contributed by atoms with Crippen molar-refractivity contribution in [3.63, 3.8) is 0 Å². The van der Waals surface area contributed by atoms with E-state index in [0.29, 0.717) is 5.56 Å². The molecule has 0 atom stereocenters. The third kappa shape index (κ3) is 3.50. The molecule has 0 saturated heterocycles. The molecule has 0 aliphatic carbocycles. The second kappa shape index (κ2) is 5.45.